The molecule has 0 aliphatic carbocycles. The van der Waals surface area contributed by atoms with Crippen LogP contribution < -0.4 is 10.2 Å². The minimum absolute atomic E-state index is 0.0553. The van der Waals surface area contributed by atoms with Crippen molar-refractivity contribution < 1.29 is 30.6 Å². The smallest absolute Gasteiger partial charge is 0.264 e. The second-order valence-corrected chi connectivity index (χ2v) is 14.5. The number of para-hydroxylation sites is 1. The van der Waals surface area contributed by atoms with E-state index in [4.69, 9.17) is 15.8 Å². The predicted molar refractivity (Wildman–Crippen MR) is 174 cm³/mol. The number of sulfonamides is 1. The topological polar surface area (TPSA) is 130 Å². The number of rotatable bonds is 8. The lowest BCUT2D eigenvalue weighted by Gasteiger charge is -2.30. The molecule has 0 fully saturated rings. The van der Waals surface area contributed by atoms with Crippen LogP contribution in [0.1, 0.15) is 26.3 Å². The maximum absolute atomic E-state index is 14.0. The maximum Gasteiger partial charge on any atom is 0.264 e. The largest absolute Gasteiger partial charge is 0.322 e. The van der Waals surface area contributed by atoms with Gasteiger partial charge in [-0.25, -0.2) is 8.42 Å². The Bertz CT molecular complexity index is 1970. The van der Waals surface area contributed by atoms with Crippen LogP contribution in [0.3, 0.4) is 0 Å². The number of amides is 2. The van der Waals surface area contributed by atoms with E-state index in [9.17, 15) is 26.4 Å². The second-order valence-electron chi connectivity index (χ2n) is 10.6. The first-order valence-corrected chi connectivity index (χ1v) is 17.8. The van der Waals surface area contributed by atoms with Gasteiger partial charge in [0, 0.05) is 30.0 Å². The van der Waals surface area contributed by atoms with E-state index in [1.807, 2.05) is 42.5 Å². The fourth-order valence-corrected chi connectivity index (χ4v) is 6.89. The van der Waals surface area contributed by atoms with E-state index in [2.05, 4.69) is 5.32 Å². The van der Waals surface area contributed by atoms with Crippen LogP contribution in [0.4, 0.5) is 11.4 Å². The van der Waals surface area contributed by atoms with Crippen molar-refractivity contribution in [3.8, 4) is 11.1 Å². The number of halogens is 1. The van der Waals surface area contributed by atoms with Gasteiger partial charge >= 0.3 is 0 Å². The van der Waals surface area contributed by atoms with Gasteiger partial charge in [-0.1, -0.05) is 78.3 Å². The minimum atomic E-state index is -3.90. The number of carbonyl (C=O) groups is 2. The zero-order valence-corrected chi connectivity index (χ0v) is 26.8. The van der Waals surface area contributed by atoms with Gasteiger partial charge in [-0.05, 0) is 47.0 Å². The molecule has 10 nitrogen and oxygen atoms in total. The molecule has 1 atom stereocenters. The van der Waals surface area contributed by atoms with Crippen molar-refractivity contribution in [1.82, 2.24) is 4.31 Å². The fraction of sp³-hybridized carbons (Fsp3) is 0.188. The third-order valence-corrected chi connectivity index (χ3v) is 9.42. The SMILES string of the molecule is CS(=O)(=O)OC[C@@H]1CN(C(=O)c2ccc(NC(=O)c3ccccc3-c3ccccc3)cc2Cl)c2ccccc2CN1S(C)(=O)=O. The molecule has 0 aromatic heterocycles. The normalized spacial score (nSPS) is 15.6. The quantitative estimate of drug-likeness (QED) is 0.261. The molecule has 5 rings (SSSR count). The van der Waals surface area contributed by atoms with Crippen LogP contribution in [0.5, 0.6) is 0 Å². The lowest BCUT2D eigenvalue weighted by molar-refractivity contribution is 0.0977. The van der Waals surface area contributed by atoms with Gasteiger partial charge in [-0.2, -0.15) is 12.7 Å². The summed E-state index contributed by atoms with van der Waals surface area (Å²) in [5.74, 6) is -0.903. The molecule has 1 aliphatic heterocycles. The van der Waals surface area contributed by atoms with Gasteiger partial charge in [-0.3, -0.25) is 13.8 Å². The second kappa shape index (κ2) is 13.1. The predicted octanol–water partition coefficient (Wildman–Crippen LogP) is 5.03. The Morgan fingerprint density at radius 3 is 2.22 bits per heavy atom. The highest BCUT2D eigenvalue weighted by atomic mass is 35.5. The van der Waals surface area contributed by atoms with E-state index >= 15 is 0 Å². The van der Waals surface area contributed by atoms with Gasteiger partial charge in [0.1, 0.15) is 0 Å². The molecule has 1 aliphatic rings. The van der Waals surface area contributed by atoms with Crippen molar-refractivity contribution in [2.75, 3.05) is 35.9 Å². The molecule has 2 amide bonds. The van der Waals surface area contributed by atoms with Gasteiger partial charge in [0.25, 0.3) is 21.9 Å². The first-order valence-electron chi connectivity index (χ1n) is 13.8. The number of nitrogens with zero attached hydrogens (tertiary/aromatic N) is 2. The van der Waals surface area contributed by atoms with Crippen LogP contribution in [0.2, 0.25) is 5.02 Å². The molecule has 0 saturated carbocycles. The van der Waals surface area contributed by atoms with Crippen LogP contribution in [0, 0.1) is 0 Å². The Morgan fingerprint density at radius 1 is 0.867 bits per heavy atom. The molecule has 1 heterocycles. The molecular weight excluding hydrogens is 638 g/mol. The van der Waals surface area contributed by atoms with Crippen LogP contribution in [0.15, 0.2) is 97.1 Å². The molecule has 0 bridgehead atoms. The summed E-state index contributed by atoms with van der Waals surface area (Å²) in [5, 5.41) is 2.90. The van der Waals surface area contributed by atoms with Gasteiger partial charge in [0.2, 0.25) is 10.0 Å². The molecule has 4 aromatic rings. The minimum Gasteiger partial charge on any atom is -0.322 e. The average molecular weight is 668 g/mol. The van der Waals surface area contributed by atoms with Gasteiger partial charge in [-0.15, -0.1) is 0 Å². The Morgan fingerprint density at radius 2 is 1.53 bits per heavy atom. The molecule has 0 saturated heterocycles. The van der Waals surface area contributed by atoms with Gasteiger partial charge in [0.15, 0.2) is 0 Å². The molecule has 0 radical (unpaired) electrons. The lowest BCUT2D eigenvalue weighted by atomic mass is 9.99. The zero-order valence-electron chi connectivity index (χ0n) is 24.4. The number of anilines is 2. The lowest BCUT2D eigenvalue weighted by Crippen LogP contribution is -2.48. The van der Waals surface area contributed by atoms with Gasteiger partial charge < -0.3 is 10.2 Å². The summed E-state index contributed by atoms with van der Waals surface area (Å²) < 4.78 is 55.2. The number of hydrogen-bond donors (Lipinski definition) is 1. The highest BCUT2D eigenvalue weighted by Gasteiger charge is 2.36. The molecule has 234 valence electrons. The first kappa shape index (κ1) is 32.3. The summed E-state index contributed by atoms with van der Waals surface area (Å²) in [6.45, 7) is -0.796. The molecule has 0 spiro atoms. The summed E-state index contributed by atoms with van der Waals surface area (Å²) >= 11 is 6.62. The third kappa shape index (κ3) is 7.60. The number of hydrogen-bond acceptors (Lipinski definition) is 7. The molecular formula is C32H30ClN3O7S2. The zero-order chi connectivity index (χ0) is 32.4. The van der Waals surface area contributed by atoms with Crippen LogP contribution in [0.25, 0.3) is 11.1 Å². The summed E-state index contributed by atoms with van der Waals surface area (Å²) in [6.07, 6.45) is 1.88. The Balaban J connectivity index is 1.44. The number of nitrogens with one attached hydrogen (secondary N) is 1. The van der Waals surface area contributed by atoms with E-state index in [0.717, 1.165) is 27.9 Å². The first-order chi connectivity index (χ1) is 21.3. The standard InChI is InChI=1S/C32H30ClN3O7S2/c1-44(39,40)36-19-23-12-6-9-15-30(23)35(20-25(36)21-43-45(2,41)42)32(38)28-17-16-24(18-29(28)33)34-31(37)27-14-8-7-13-26(27)22-10-4-3-5-11-22/h3-18,25H,19-21H2,1-2H3,(H,34,37)/t25-/m0/s1. The number of fused-ring (bicyclic) bond motifs is 1. The van der Waals surface area contributed by atoms with E-state index < -0.39 is 38.7 Å². The Labute approximate surface area is 267 Å². The summed E-state index contributed by atoms with van der Waals surface area (Å²) in [4.78, 5) is 28.7. The summed E-state index contributed by atoms with van der Waals surface area (Å²) in [7, 11) is -7.74. The van der Waals surface area contributed by atoms with E-state index in [0.29, 0.717) is 22.5 Å². The highest BCUT2D eigenvalue weighted by Crippen LogP contribution is 2.32. The van der Waals surface area contributed by atoms with Crippen molar-refractivity contribution in [1.29, 1.82) is 0 Å². The van der Waals surface area contributed by atoms with Crippen molar-refractivity contribution >= 4 is 54.9 Å². The van der Waals surface area contributed by atoms with Gasteiger partial charge in [0.05, 0.1) is 35.7 Å². The molecule has 0 unspecified atom stereocenters. The van der Waals surface area contributed by atoms with Crippen LogP contribution >= 0.6 is 11.6 Å². The summed E-state index contributed by atoms with van der Waals surface area (Å²) in [6, 6.07) is 27.0. The third-order valence-electron chi connectivity index (χ3n) is 7.27. The molecule has 4 aromatic carbocycles. The summed E-state index contributed by atoms with van der Waals surface area (Å²) in [5.41, 5.74) is 3.55. The maximum atomic E-state index is 14.0. The van der Waals surface area contributed by atoms with Crippen molar-refractivity contribution in [3.05, 3.63) is 119 Å². The molecule has 13 heteroatoms. The number of carbonyl (C=O) groups excluding carboxylic acids is 2. The monoisotopic (exact) mass is 667 g/mol. The highest BCUT2D eigenvalue weighted by molar-refractivity contribution is 7.88. The van der Waals surface area contributed by atoms with Crippen molar-refractivity contribution in [2.24, 2.45) is 0 Å². The average Bonchev–Trinajstić information content (AvgIpc) is 3.17. The van der Waals surface area contributed by atoms with E-state index in [1.54, 1.807) is 42.5 Å². The van der Waals surface area contributed by atoms with E-state index in [1.165, 1.54) is 17.0 Å². The fourth-order valence-electron chi connectivity index (χ4n) is 5.18. The Hall–Kier alpha value is -4.07. The van der Waals surface area contributed by atoms with E-state index in [-0.39, 0.29) is 29.6 Å². The molecule has 45 heavy (non-hydrogen) atoms. The number of benzene rings is 4. The van der Waals surface area contributed by atoms with Crippen LogP contribution in [-0.4, -0.2) is 64.7 Å². The molecule has 1 N–H and O–H groups in total. The van der Waals surface area contributed by atoms with Crippen molar-refractivity contribution in [2.45, 2.75) is 12.6 Å². The Kier molecular flexibility index (Phi) is 9.42. The van der Waals surface area contributed by atoms with Crippen LogP contribution in [-0.2, 0) is 30.9 Å². The van der Waals surface area contributed by atoms with Crippen molar-refractivity contribution in [3.63, 3.8) is 0 Å².